The van der Waals surface area contributed by atoms with Crippen LogP contribution in [0.15, 0.2) is 59.8 Å². The number of carboxylic acid groups (broad SMARTS) is 1. The predicted molar refractivity (Wildman–Crippen MR) is 109 cm³/mol. The molecule has 0 aliphatic carbocycles. The van der Waals surface area contributed by atoms with Gasteiger partial charge in [-0.3, -0.25) is 4.79 Å². The van der Waals surface area contributed by atoms with Gasteiger partial charge in [0.15, 0.2) is 0 Å². The van der Waals surface area contributed by atoms with E-state index in [1.54, 1.807) is 24.3 Å². The Kier molecular flexibility index (Phi) is 8.21. The number of aliphatic carboxylic acids is 1. The van der Waals surface area contributed by atoms with Gasteiger partial charge in [0.05, 0.1) is 0 Å². The number of benzene rings is 2. The normalized spacial score (nSPS) is 12.4. The molecule has 0 bridgehead atoms. The van der Waals surface area contributed by atoms with Crippen molar-refractivity contribution in [1.29, 1.82) is 0 Å². The Bertz CT molecular complexity index is 832. The third-order valence-corrected chi connectivity index (χ3v) is 4.20. The summed E-state index contributed by atoms with van der Waals surface area (Å²) in [7, 11) is 0. The molecule has 2 rings (SSSR count). The molecule has 1 amide bonds. The minimum absolute atomic E-state index is 0.0871. The summed E-state index contributed by atoms with van der Waals surface area (Å²) in [5, 5.41) is 23.9. The Morgan fingerprint density at radius 1 is 1.03 bits per heavy atom. The number of rotatable bonds is 10. The fraction of sp³-hybridized carbons (Fsp3) is 0.318. The fourth-order valence-electron chi connectivity index (χ4n) is 2.71. The second-order valence-corrected chi connectivity index (χ2v) is 7.13. The molecule has 0 unspecified atom stereocenters. The van der Waals surface area contributed by atoms with Crippen molar-refractivity contribution >= 4 is 17.6 Å². The predicted octanol–water partition coefficient (Wildman–Crippen LogP) is 3.25. The Morgan fingerprint density at radius 2 is 1.69 bits per heavy atom. The van der Waals surface area contributed by atoms with Gasteiger partial charge in [-0.2, -0.15) is 0 Å². The average molecular weight is 398 g/mol. The molecule has 2 aromatic carbocycles. The second kappa shape index (κ2) is 10.8. The molecule has 2 aromatic rings. The summed E-state index contributed by atoms with van der Waals surface area (Å²) in [6.07, 6.45) is 0.350. The number of amides is 1. The smallest absolute Gasteiger partial charge is 0.326 e. The summed E-state index contributed by atoms with van der Waals surface area (Å²) in [6, 6.07) is 15.7. The van der Waals surface area contributed by atoms with Crippen molar-refractivity contribution in [3.63, 3.8) is 0 Å². The highest BCUT2D eigenvalue weighted by Gasteiger charge is 2.23. The van der Waals surface area contributed by atoms with Crippen LogP contribution in [0.25, 0.3) is 0 Å². The molecule has 0 fully saturated rings. The zero-order valence-electron chi connectivity index (χ0n) is 16.5. The highest BCUT2D eigenvalue weighted by molar-refractivity contribution is 6.39. The maximum Gasteiger partial charge on any atom is 0.326 e. The van der Waals surface area contributed by atoms with Gasteiger partial charge in [0.1, 0.15) is 24.1 Å². The average Bonchev–Trinajstić information content (AvgIpc) is 2.71. The van der Waals surface area contributed by atoms with Crippen LogP contribution in [0.3, 0.4) is 0 Å². The van der Waals surface area contributed by atoms with E-state index in [1.165, 1.54) is 0 Å². The van der Waals surface area contributed by atoms with Gasteiger partial charge in [-0.15, -0.1) is 0 Å². The first-order valence-electron chi connectivity index (χ1n) is 9.39. The van der Waals surface area contributed by atoms with Crippen LogP contribution in [0.5, 0.6) is 5.75 Å². The molecule has 0 radical (unpaired) electrons. The Hall–Kier alpha value is -3.35. The lowest BCUT2D eigenvalue weighted by Gasteiger charge is -2.16. The monoisotopic (exact) mass is 398 g/mol. The molecular weight excluding hydrogens is 372 g/mol. The molecule has 0 aromatic heterocycles. The highest BCUT2D eigenvalue weighted by Crippen LogP contribution is 2.15. The van der Waals surface area contributed by atoms with Crippen molar-refractivity contribution in [1.82, 2.24) is 5.32 Å². The number of hydrogen-bond donors (Lipinski definition) is 3. The molecule has 7 heteroatoms. The number of nitrogens with one attached hydrogen (secondary N) is 1. The molecular formula is C22H26N2O5. The largest absolute Gasteiger partial charge is 0.489 e. The van der Waals surface area contributed by atoms with E-state index in [2.05, 4.69) is 10.5 Å². The molecule has 1 atom stereocenters. The van der Waals surface area contributed by atoms with Crippen LogP contribution in [0.4, 0.5) is 0 Å². The maximum absolute atomic E-state index is 12.2. The number of oxime groups is 1. The number of carbonyl (C=O) groups excluding carboxylic acids is 1. The van der Waals surface area contributed by atoms with E-state index in [-0.39, 0.29) is 24.5 Å². The van der Waals surface area contributed by atoms with E-state index in [4.69, 9.17) is 9.94 Å². The summed E-state index contributed by atoms with van der Waals surface area (Å²) < 4.78 is 5.72. The first-order chi connectivity index (χ1) is 13.9. The summed E-state index contributed by atoms with van der Waals surface area (Å²) in [6.45, 7) is 4.18. The van der Waals surface area contributed by atoms with Crippen molar-refractivity contribution in [2.75, 3.05) is 0 Å². The molecule has 0 heterocycles. The quantitative estimate of drug-likeness (QED) is 0.323. The Labute approximate surface area is 170 Å². The van der Waals surface area contributed by atoms with Crippen LogP contribution < -0.4 is 10.1 Å². The van der Waals surface area contributed by atoms with E-state index in [0.717, 1.165) is 11.1 Å². The van der Waals surface area contributed by atoms with Gasteiger partial charge in [-0.05, 0) is 29.2 Å². The van der Waals surface area contributed by atoms with Crippen LogP contribution >= 0.6 is 0 Å². The molecule has 0 spiro atoms. The van der Waals surface area contributed by atoms with Crippen LogP contribution in [0.2, 0.25) is 0 Å². The van der Waals surface area contributed by atoms with E-state index < -0.39 is 17.9 Å². The fourth-order valence-corrected chi connectivity index (χ4v) is 2.71. The van der Waals surface area contributed by atoms with Crippen molar-refractivity contribution in [2.45, 2.75) is 39.3 Å². The van der Waals surface area contributed by atoms with E-state index in [9.17, 15) is 14.7 Å². The molecule has 0 aliphatic rings. The number of ether oxygens (including phenoxy) is 1. The first-order valence-corrected chi connectivity index (χ1v) is 9.39. The Morgan fingerprint density at radius 3 is 2.24 bits per heavy atom. The van der Waals surface area contributed by atoms with E-state index >= 15 is 0 Å². The van der Waals surface area contributed by atoms with Crippen molar-refractivity contribution in [2.24, 2.45) is 11.1 Å². The van der Waals surface area contributed by atoms with Gasteiger partial charge < -0.3 is 20.4 Å². The Balaban J connectivity index is 1.96. The van der Waals surface area contributed by atoms with E-state index in [0.29, 0.717) is 12.4 Å². The zero-order valence-corrected chi connectivity index (χ0v) is 16.5. The third kappa shape index (κ3) is 7.29. The molecule has 0 aliphatic heterocycles. The lowest BCUT2D eigenvalue weighted by Crippen LogP contribution is -2.45. The van der Waals surface area contributed by atoms with Crippen molar-refractivity contribution in [3.8, 4) is 5.75 Å². The minimum Gasteiger partial charge on any atom is -0.489 e. The summed E-state index contributed by atoms with van der Waals surface area (Å²) in [5.41, 5.74) is 1.69. The second-order valence-electron chi connectivity index (χ2n) is 7.13. The van der Waals surface area contributed by atoms with Crippen molar-refractivity contribution in [3.05, 3.63) is 65.7 Å². The summed E-state index contributed by atoms with van der Waals surface area (Å²) in [4.78, 5) is 23.8. The van der Waals surface area contributed by atoms with Gasteiger partial charge in [0.2, 0.25) is 0 Å². The number of carbonyl (C=O) groups is 2. The third-order valence-electron chi connectivity index (χ3n) is 4.20. The van der Waals surface area contributed by atoms with Gasteiger partial charge in [-0.1, -0.05) is 61.5 Å². The lowest BCUT2D eigenvalue weighted by molar-refractivity contribution is -0.141. The minimum atomic E-state index is -1.16. The number of hydrogen-bond acceptors (Lipinski definition) is 5. The van der Waals surface area contributed by atoms with Gasteiger partial charge >= 0.3 is 5.97 Å². The zero-order chi connectivity index (χ0) is 21.2. The SMILES string of the molecule is CC(C)C/C(=N/O)C(=O)N[C@@H](Cc1ccc(OCc2ccccc2)cc1)C(=O)O. The number of carboxylic acids is 1. The van der Waals surface area contributed by atoms with Crippen LogP contribution in [0.1, 0.15) is 31.4 Å². The lowest BCUT2D eigenvalue weighted by atomic mass is 10.0. The molecule has 7 nitrogen and oxygen atoms in total. The topological polar surface area (TPSA) is 108 Å². The maximum atomic E-state index is 12.2. The highest BCUT2D eigenvalue weighted by atomic mass is 16.5. The van der Waals surface area contributed by atoms with Gasteiger partial charge in [0, 0.05) is 12.8 Å². The molecule has 3 N–H and O–H groups in total. The van der Waals surface area contributed by atoms with Gasteiger partial charge in [-0.25, -0.2) is 4.79 Å². The van der Waals surface area contributed by atoms with Crippen molar-refractivity contribution < 1.29 is 24.6 Å². The molecule has 29 heavy (non-hydrogen) atoms. The first kappa shape index (κ1) is 21.9. The van der Waals surface area contributed by atoms with Crippen LogP contribution in [0, 0.1) is 5.92 Å². The summed E-state index contributed by atoms with van der Waals surface area (Å²) in [5.74, 6) is -1.08. The van der Waals surface area contributed by atoms with Gasteiger partial charge in [0.25, 0.3) is 5.91 Å². The molecule has 154 valence electrons. The van der Waals surface area contributed by atoms with E-state index in [1.807, 2.05) is 44.2 Å². The number of nitrogens with zero attached hydrogens (tertiary/aromatic N) is 1. The van der Waals surface area contributed by atoms with Crippen LogP contribution in [-0.2, 0) is 22.6 Å². The standard InChI is InChI=1S/C22H26N2O5/c1-15(2)12-19(24-28)21(25)23-20(22(26)27)13-16-8-10-18(11-9-16)29-14-17-6-4-3-5-7-17/h3-11,15,20,28H,12-14H2,1-2H3,(H,23,25)(H,26,27)/b24-19-/t20-/m0/s1. The molecule has 0 saturated carbocycles. The van der Waals surface area contributed by atoms with Crippen LogP contribution in [-0.4, -0.2) is 33.9 Å². The summed E-state index contributed by atoms with van der Waals surface area (Å²) >= 11 is 0. The molecule has 0 saturated heterocycles.